The molecule has 0 saturated heterocycles. The van der Waals surface area contributed by atoms with E-state index >= 15 is 0 Å². The Morgan fingerprint density at radius 1 is 1.08 bits per heavy atom. The number of alkyl halides is 3. The number of rotatable bonds is 8. The van der Waals surface area contributed by atoms with Crippen LogP contribution in [0.15, 0.2) is 29.3 Å². The van der Waals surface area contributed by atoms with Gasteiger partial charge in [0.1, 0.15) is 5.82 Å². The molecule has 0 unspecified atom stereocenters. The van der Waals surface area contributed by atoms with Gasteiger partial charge in [-0.25, -0.2) is 4.39 Å². The fraction of sp³-hybridized carbons (Fsp3) is 0.500. The third-order valence-corrected chi connectivity index (χ3v) is 3.03. The zero-order valence-corrected chi connectivity index (χ0v) is 16.7. The maximum Gasteiger partial charge on any atom is 0.390 e. The molecule has 0 atom stereocenters. The molecule has 0 bridgehead atoms. The Labute approximate surface area is 167 Å². The number of aliphatic imine (C=N–C) groups is 1. The lowest BCUT2D eigenvalue weighted by Crippen LogP contribution is -2.42. The summed E-state index contributed by atoms with van der Waals surface area (Å²) in [4.78, 5) is 15.6. The van der Waals surface area contributed by atoms with E-state index in [2.05, 4.69) is 20.9 Å². The van der Waals surface area contributed by atoms with Crippen LogP contribution in [0.1, 0.15) is 18.9 Å². The van der Waals surface area contributed by atoms with Crippen LogP contribution in [0.5, 0.6) is 0 Å². The number of hydrogen-bond acceptors (Lipinski definition) is 2. The first-order valence-corrected chi connectivity index (χ1v) is 7.90. The molecule has 10 heteroatoms. The lowest BCUT2D eigenvalue weighted by atomic mass is 10.1. The molecule has 0 aromatic heterocycles. The molecule has 0 aliphatic carbocycles. The molecule has 3 N–H and O–H groups in total. The van der Waals surface area contributed by atoms with Gasteiger partial charge in [-0.2, -0.15) is 13.2 Å². The number of nitrogens with one attached hydrogen (secondary N) is 3. The summed E-state index contributed by atoms with van der Waals surface area (Å²) < 4.78 is 49.1. The zero-order valence-electron chi connectivity index (χ0n) is 14.3. The van der Waals surface area contributed by atoms with Crippen molar-refractivity contribution in [3.05, 3.63) is 35.6 Å². The van der Waals surface area contributed by atoms with Gasteiger partial charge < -0.3 is 16.0 Å². The van der Waals surface area contributed by atoms with Gasteiger partial charge in [-0.3, -0.25) is 9.79 Å². The van der Waals surface area contributed by atoms with Crippen LogP contribution in [-0.4, -0.2) is 44.2 Å². The van der Waals surface area contributed by atoms with Gasteiger partial charge in [-0.15, -0.1) is 24.0 Å². The van der Waals surface area contributed by atoms with Crippen molar-refractivity contribution in [2.24, 2.45) is 4.99 Å². The lowest BCUT2D eigenvalue weighted by Gasteiger charge is -2.12. The maximum absolute atomic E-state index is 12.8. The second kappa shape index (κ2) is 12.7. The first kappa shape index (κ1) is 24.4. The molecule has 1 rings (SSSR count). The Kier molecular flexibility index (Phi) is 11.9. The molecule has 5 nitrogen and oxygen atoms in total. The number of carbonyl (C=O) groups excluding carboxylic acids is 1. The summed E-state index contributed by atoms with van der Waals surface area (Å²) in [6.45, 7) is 2.53. The average Bonchev–Trinajstić information content (AvgIpc) is 2.52. The number of nitrogens with zero attached hydrogens (tertiary/aromatic N) is 1. The van der Waals surface area contributed by atoms with Gasteiger partial charge >= 0.3 is 6.18 Å². The zero-order chi connectivity index (χ0) is 18.7. The van der Waals surface area contributed by atoms with Gasteiger partial charge in [0.05, 0.1) is 19.4 Å². The van der Waals surface area contributed by atoms with Crippen LogP contribution in [0.2, 0.25) is 0 Å². The number of benzene rings is 1. The molecular formula is C16H23F4IN4O. The number of hydrogen-bond donors (Lipinski definition) is 3. The molecular weight excluding hydrogens is 467 g/mol. The summed E-state index contributed by atoms with van der Waals surface area (Å²) in [6, 6.07) is 5.63. The van der Waals surface area contributed by atoms with E-state index in [0.29, 0.717) is 18.7 Å². The van der Waals surface area contributed by atoms with Gasteiger partial charge in [-0.1, -0.05) is 12.1 Å². The molecule has 1 aromatic carbocycles. The van der Waals surface area contributed by atoms with Crippen molar-refractivity contribution < 1.29 is 22.4 Å². The van der Waals surface area contributed by atoms with Gasteiger partial charge in [0.25, 0.3) is 0 Å². The normalized spacial score (nSPS) is 11.5. The summed E-state index contributed by atoms with van der Waals surface area (Å²) >= 11 is 0. The van der Waals surface area contributed by atoms with E-state index in [1.807, 2.05) is 0 Å². The first-order chi connectivity index (χ1) is 11.8. The van der Waals surface area contributed by atoms with Crippen molar-refractivity contribution in [3.63, 3.8) is 0 Å². The van der Waals surface area contributed by atoms with Gasteiger partial charge in [0.15, 0.2) is 5.96 Å². The quantitative estimate of drug-likeness (QED) is 0.173. The van der Waals surface area contributed by atoms with Crippen LogP contribution in [0.4, 0.5) is 17.6 Å². The van der Waals surface area contributed by atoms with Crippen LogP contribution < -0.4 is 16.0 Å². The average molecular weight is 490 g/mol. The number of halogens is 5. The smallest absolute Gasteiger partial charge is 0.357 e. The fourth-order valence-corrected chi connectivity index (χ4v) is 1.87. The Hall–Kier alpha value is -1.59. The number of carbonyl (C=O) groups is 1. The highest BCUT2D eigenvalue weighted by Crippen LogP contribution is 2.18. The molecule has 1 aromatic rings. The van der Waals surface area contributed by atoms with E-state index in [-0.39, 0.29) is 61.2 Å². The molecule has 0 saturated carbocycles. The largest absolute Gasteiger partial charge is 0.390 e. The van der Waals surface area contributed by atoms with Crippen molar-refractivity contribution in [2.45, 2.75) is 25.9 Å². The molecule has 0 fully saturated rings. The predicted molar refractivity (Wildman–Crippen MR) is 103 cm³/mol. The van der Waals surface area contributed by atoms with Crippen LogP contribution in [-0.2, 0) is 11.2 Å². The van der Waals surface area contributed by atoms with Crippen molar-refractivity contribution in [1.82, 2.24) is 16.0 Å². The molecule has 1 amide bonds. The monoisotopic (exact) mass is 490 g/mol. The fourth-order valence-electron chi connectivity index (χ4n) is 1.87. The topological polar surface area (TPSA) is 65.5 Å². The van der Waals surface area contributed by atoms with Crippen molar-refractivity contribution in [1.29, 1.82) is 0 Å². The lowest BCUT2D eigenvalue weighted by molar-refractivity contribution is -0.132. The highest BCUT2D eigenvalue weighted by atomic mass is 127. The Bertz CT molecular complexity index is 564. The predicted octanol–water partition coefficient (Wildman–Crippen LogP) is 2.61. The Morgan fingerprint density at radius 3 is 2.27 bits per heavy atom. The number of amides is 1. The van der Waals surface area contributed by atoms with Crippen molar-refractivity contribution in [2.75, 3.05) is 26.2 Å². The van der Waals surface area contributed by atoms with E-state index in [1.165, 1.54) is 24.3 Å². The third-order valence-electron chi connectivity index (χ3n) is 3.03. The van der Waals surface area contributed by atoms with E-state index in [4.69, 9.17) is 0 Å². The highest BCUT2D eigenvalue weighted by molar-refractivity contribution is 14.0. The highest BCUT2D eigenvalue weighted by Gasteiger charge is 2.26. The molecule has 26 heavy (non-hydrogen) atoms. The van der Waals surface area contributed by atoms with Crippen molar-refractivity contribution >= 4 is 35.8 Å². The van der Waals surface area contributed by atoms with Gasteiger partial charge in [-0.05, 0) is 24.6 Å². The Balaban J connectivity index is 0.00000625. The van der Waals surface area contributed by atoms with Crippen LogP contribution in [0.3, 0.4) is 0 Å². The van der Waals surface area contributed by atoms with Gasteiger partial charge in [0, 0.05) is 19.6 Å². The molecule has 0 spiro atoms. The second-order valence-corrected chi connectivity index (χ2v) is 5.21. The summed E-state index contributed by atoms with van der Waals surface area (Å²) in [6.07, 6.45) is -5.10. The van der Waals surface area contributed by atoms with E-state index < -0.39 is 12.6 Å². The summed E-state index contributed by atoms with van der Waals surface area (Å²) in [5.74, 6) is -0.332. The van der Waals surface area contributed by atoms with Crippen LogP contribution in [0, 0.1) is 5.82 Å². The van der Waals surface area contributed by atoms with Crippen molar-refractivity contribution in [3.8, 4) is 0 Å². The second-order valence-electron chi connectivity index (χ2n) is 5.21. The minimum Gasteiger partial charge on any atom is -0.357 e. The summed E-state index contributed by atoms with van der Waals surface area (Å²) in [7, 11) is 0. The number of guanidine groups is 1. The van der Waals surface area contributed by atoms with Crippen LogP contribution in [0.25, 0.3) is 0 Å². The minimum absolute atomic E-state index is 0. The van der Waals surface area contributed by atoms with E-state index in [1.54, 1.807) is 6.92 Å². The molecule has 0 aliphatic rings. The SMILES string of the molecule is CCNC(=NCCC(F)(F)F)NCCNC(=O)Cc1ccc(F)cc1.I. The maximum atomic E-state index is 12.8. The Morgan fingerprint density at radius 2 is 1.69 bits per heavy atom. The van der Waals surface area contributed by atoms with E-state index in [9.17, 15) is 22.4 Å². The third kappa shape index (κ3) is 11.9. The molecule has 0 radical (unpaired) electrons. The first-order valence-electron chi connectivity index (χ1n) is 7.90. The summed E-state index contributed by atoms with van der Waals surface area (Å²) in [5.41, 5.74) is 0.689. The molecule has 0 heterocycles. The summed E-state index contributed by atoms with van der Waals surface area (Å²) in [5, 5.41) is 8.33. The minimum atomic E-state index is -4.24. The molecule has 0 aliphatic heterocycles. The van der Waals surface area contributed by atoms with Gasteiger partial charge in [0.2, 0.25) is 5.91 Å². The van der Waals surface area contributed by atoms with E-state index in [0.717, 1.165) is 0 Å². The standard InChI is InChI=1S/C16H22F4N4O.HI/c1-2-21-15(23-8-7-16(18,19)20)24-10-9-22-14(25)11-12-3-5-13(17)6-4-12;/h3-6H,2,7-11H2,1H3,(H,22,25)(H2,21,23,24);1H. The van der Waals surface area contributed by atoms with Crippen LogP contribution >= 0.6 is 24.0 Å². The molecule has 148 valence electrons.